The fourth-order valence-electron chi connectivity index (χ4n) is 3.52. The number of carbonyl (C=O) groups excluding carboxylic acids is 2. The minimum Gasteiger partial charge on any atom is -0.492 e. The maximum atomic E-state index is 13.5. The second-order valence-corrected chi connectivity index (χ2v) is 7.04. The van der Waals surface area contributed by atoms with Crippen LogP contribution in [0.25, 0.3) is 5.57 Å². The van der Waals surface area contributed by atoms with Crippen molar-refractivity contribution in [2.45, 2.75) is 13.8 Å². The highest BCUT2D eigenvalue weighted by atomic mass is 19.1. The number of rotatable bonds is 6. The van der Waals surface area contributed by atoms with Gasteiger partial charge in [-0.25, -0.2) is 9.29 Å². The lowest BCUT2D eigenvalue weighted by atomic mass is 10.0. The highest BCUT2D eigenvalue weighted by Crippen LogP contribution is 2.38. The van der Waals surface area contributed by atoms with E-state index in [1.807, 2.05) is 38.1 Å². The molecule has 0 unspecified atom stereocenters. The van der Waals surface area contributed by atoms with Crippen LogP contribution in [0, 0.1) is 12.7 Å². The van der Waals surface area contributed by atoms with Gasteiger partial charge in [0.1, 0.15) is 17.3 Å². The largest absolute Gasteiger partial charge is 0.492 e. The number of benzene rings is 3. The van der Waals surface area contributed by atoms with E-state index in [4.69, 9.17) is 4.74 Å². The molecule has 156 valence electrons. The molecule has 0 aliphatic carbocycles. The van der Waals surface area contributed by atoms with Gasteiger partial charge in [0.15, 0.2) is 0 Å². The number of halogens is 1. The van der Waals surface area contributed by atoms with E-state index in [9.17, 15) is 14.0 Å². The molecule has 1 aliphatic rings. The average molecular weight is 416 g/mol. The van der Waals surface area contributed by atoms with Gasteiger partial charge in [0.25, 0.3) is 11.8 Å². The van der Waals surface area contributed by atoms with Crippen LogP contribution in [0.3, 0.4) is 0 Å². The molecule has 4 rings (SSSR count). The summed E-state index contributed by atoms with van der Waals surface area (Å²) in [5.41, 5.74) is 2.75. The Labute approximate surface area is 179 Å². The number of para-hydroxylation sites is 3. The van der Waals surface area contributed by atoms with Crippen LogP contribution >= 0.6 is 0 Å². The highest BCUT2D eigenvalue weighted by molar-refractivity contribution is 6.46. The van der Waals surface area contributed by atoms with Crippen molar-refractivity contribution in [3.05, 3.63) is 95.4 Å². The summed E-state index contributed by atoms with van der Waals surface area (Å²) in [4.78, 5) is 28.1. The SMILES string of the molecule is CCOc1ccccc1N1C(=O)C(Nc2ccccc2C)=C(c2ccc(F)cc2)C1=O. The number of ether oxygens (including phenoxy) is 1. The molecule has 0 spiro atoms. The van der Waals surface area contributed by atoms with Crippen LogP contribution in [0.15, 0.2) is 78.5 Å². The molecule has 3 aromatic carbocycles. The number of anilines is 2. The molecule has 0 atom stereocenters. The van der Waals surface area contributed by atoms with Gasteiger partial charge in [-0.2, -0.15) is 0 Å². The zero-order valence-electron chi connectivity index (χ0n) is 17.2. The van der Waals surface area contributed by atoms with E-state index in [2.05, 4.69) is 5.32 Å². The predicted octanol–water partition coefficient (Wildman–Crippen LogP) is 4.93. The molecule has 1 heterocycles. The third-order valence-corrected chi connectivity index (χ3v) is 5.03. The van der Waals surface area contributed by atoms with Crippen molar-refractivity contribution in [1.82, 2.24) is 0 Å². The zero-order chi connectivity index (χ0) is 22.0. The normalized spacial score (nSPS) is 13.7. The summed E-state index contributed by atoms with van der Waals surface area (Å²) in [5, 5.41) is 3.14. The summed E-state index contributed by atoms with van der Waals surface area (Å²) >= 11 is 0. The Balaban J connectivity index is 1.85. The van der Waals surface area contributed by atoms with E-state index < -0.39 is 17.6 Å². The third-order valence-electron chi connectivity index (χ3n) is 5.03. The first kappa shape index (κ1) is 20.3. The summed E-state index contributed by atoms with van der Waals surface area (Å²) in [6, 6.07) is 19.9. The van der Waals surface area contributed by atoms with E-state index in [1.165, 1.54) is 24.3 Å². The maximum absolute atomic E-state index is 13.5. The van der Waals surface area contributed by atoms with Gasteiger partial charge < -0.3 is 10.1 Å². The third kappa shape index (κ3) is 3.80. The smallest absolute Gasteiger partial charge is 0.282 e. The van der Waals surface area contributed by atoms with Gasteiger partial charge in [0.05, 0.1) is 17.9 Å². The first-order valence-corrected chi connectivity index (χ1v) is 9.94. The van der Waals surface area contributed by atoms with Crippen LogP contribution < -0.4 is 15.0 Å². The summed E-state index contributed by atoms with van der Waals surface area (Å²) in [5.74, 6) is -0.991. The molecule has 6 heteroatoms. The van der Waals surface area contributed by atoms with Gasteiger partial charge in [0, 0.05) is 5.69 Å². The minimum absolute atomic E-state index is 0.136. The Morgan fingerprint density at radius 2 is 1.58 bits per heavy atom. The average Bonchev–Trinajstić information content (AvgIpc) is 3.01. The maximum Gasteiger partial charge on any atom is 0.282 e. The van der Waals surface area contributed by atoms with Gasteiger partial charge >= 0.3 is 0 Å². The van der Waals surface area contributed by atoms with Gasteiger partial charge in [-0.3, -0.25) is 9.59 Å². The molecule has 0 bridgehead atoms. The number of nitrogens with one attached hydrogen (secondary N) is 1. The Bertz CT molecular complexity index is 1190. The van der Waals surface area contributed by atoms with Gasteiger partial charge in [-0.15, -0.1) is 0 Å². The van der Waals surface area contributed by atoms with Gasteiger partial charge in [-0.05, 0) is 55.3 Å². The predicted molar refractivity (Wildman–Crippen MR) is 118 cm³/mol. The number of nitrogens with zero attached hydrogens (tertiary/aromatic N) is 1. The first-order chi connectivity index (χ1) is 15.0. The minimum atomic E-state index is -0.500. The fraction of sp³-hybridized carbons (Fsp3) is 0.120. The Morgan fingerprint density at radius 1 is 0.903 bits per heavy atom. The van der Waals surface area contributed by atoms with E-state index >= 15 is 0 Å². The molecule has 0 saturated carbocycles. The Morgan fingerprint density at radius 3 is 2.29 bits per heavy atom. The summed E-state index contributed by atoms with van der Waals surface area (Å²) in [6.45, 7) is 4.13. The van der Waals surface area contributed by atoms with Crippen LogP contribution in [-0.4, -0.2) is 18.4 Å². The molecule has 0 fully saturated rings. The monoisotopic (exact) mass is 416 g/mol. The molecule has 31 heavy (non-hydrogen) atoms. The van der Waals surface area contributed by atoms with E-state index in [-0.39, 0.29) is 11.3 Å². The molecule has 2 amide bonds. The lowest BCUT2D eigenvalue weighted by Crippen LogP contribution is -2.32. The summed E-state index contributed by atoms with van der Waals surface area (Å²) in [6.07, 6.45) is 0. The molecule has 0 aromatic heterocycles. The van der Waals surface area contributed by atoms with Gasteiger partial charge in [0.2, 0.25) is 0 Å². The van der Waals surface area contributed by atoms with Crippen molar-refractivity contribution in [1.29, 1.82) is 0 Å². The number of amides is 2. The van der Waals surface area contributed by atoms with Crippen molar-refractivity contribution in [3.63, 3.8) is 0 Å². The second-order valence-electron chi connectivity index (χ2n) is 7.04. The van der Waals surface area contributed by atoms with Crippen LogP contribution in [0.4, 0.5) is 15.8 Å². The molecule has 1 N–H and O–H groups in total. The van der Waals surface area contributed by atoms with Crippen molar-refractivity contribution < 1.29 is 18.7 Å². The van der Waals surface area contributed by atoms with Crippen molar-refractivity contribution in [3.8, 4) is 5.75 Å². The van der Waals surface area contributed by atoms with Crippen molar-refractivity contribution >= 4 is 28.8 Å². The molecule has 5 nitrogen and oxygen atoms in total. The number of aryl methyl sites for hydroxylation is 1. The zero-order valence-corrected chi connectivity index (χ0v) is 17.2. The lowest BCUT2D eigenvalue weighted by Gasteiger charge is -2.19. The lowest BCUT2D eigenvalue weighted by molar-refractivity contribution is -0.120. The number of carbonyl (C=O) groups is 2. The van der Waals surface area contributed by atoms with Crippen LogP contribution in [0.1, 0.15) is 18.1 Å². The van der Waals surface area contributed by atoms with Crippen LogP contribution in [0.2, 0.25) is 0 Å². The molecule has 0 saturated heterocycles. The van der Waals surface area contributed by atoms with Crippen LogP contribution in [-0.2, 0) is 9.59 Å². The molecular weight excluding hydrogens is 395 g/mol. The molecular formula is C25H21FN2O3. The Hall–Kier alpha value is -3.93. The first-order valence-electron chi connectivity index (χ1n) is 9.94. The van der Waals surface area contributed by atoms with E-state index in [0.717, 1.165) is 10.5 Å². The van der Waals surface area contributed by atoms with E-state index in [0.29, 0.717) is 29.3 Å². The summed E-state index contributed by atoms with van der Waals surface area (Å²) in [7, 11) is 0. The highest BCUT2D eigenvalue weighted by Gasteiger charge is 2.41. The van der Waals surface area contributed by atoms with E-state index in [1.54, 1.807) is 24.3 Å². The Kier molecular flexibility index (Phi) is 5.54. The molecule has 0 radical (unpaired) electrons. The fourth-order valence-corrected chi connectivity index (χ4v) is 3.52. The summed E-state index contributed by atoms with van der Waals surface area (Å²) < 4.78 is 19.2. The second kappa shape index (κ2) is 8.44. The number of hydrogen-bond acceptors (Lipinski definition) is 4. The van der Waals surface area contributed by atoms with Gasteiger partial charge in [-0.1, -0.05) is 42.5 Å². The topological polar surface area (TPSA) is 58.6 Å². The van der Waals surface area contributed by atoms with Crippen molar-refractivity contribution in [2.75, 3.05) is 16.8 Å². The quantitative estimate of drug-likeness (QED) is 0.579. The standard InChI is InChI=1S/C25H21FN2O3/c1-3-31-21-11-7-6-10-20(21)28-24(29)22(17-12-14-18(26)15-13-17)23(25(28)30)27-19-9-5-4-8-16(19)2/h4-15,27H,3H2,1-2H3. The molecule has 3 aromatic rings. The number of imide groups is 1. The molecule has 1 aliphatic heterocycles. The van der Waals surface area contributed by atoms with Crippen LogP contribution in [0.5, 0.6) is 5.75 Å². The number of hydrogen-bond donors (Lipinski definition) is 1. The van der Waals surface area contributed by atoms with Crippen molar-refractivity contribution in [2.24, 2.45) is 0 Å².